The zero-order valence-electron chi connectivity index (χ0n) is 16.6. The van der Waals surface area contributed by atoms with Gasteiger partial charge in [-0.05, 0) is 43.7 Å². The first-order chi connectivity index (χ1) is 14.5. The molecule has 4 aromatic rings. The van der Waals surface area contributed by atoms with E-state index in [0.29, 0.717) is 33.3 Å². The Hall–Kier alpha value is -3.63. The number of aromatic nitrogens is 3. The Balaban J connectivity index is 1.54. The van der Waals surface area contributed by atoms with Gasteiger partial charge in [-0.2, -0.15) is 5.26 Å². The lowest BCUT2D eigenvalue weighted by molar-refractivity contribution is 0.102. The van der Waals surface area contributed by atoms with Gasteiger partial charge in [-0.1, -0.05) is 36.0 Å². The second-order valence-corrected chi connectivity index (χ2v) is 7.86. The lowest BCUT2D eigenvalue weighted by atomic mass is 10.1. The fourth-order valence-corrected chi connectivity index (χ4v) is 3.98. The van der Waals surface area contributed by atoms with E-state index in [1.54, 1.807) is 13.0 Å². The van der Waals surface area contributed by atoms with Crippen molar-refractivity contribution in [1.29, 1.82) is 5.26 Å². The van der Waals surface area contributed by atoms with Gasteiger partial charge in [0.2, 0.25) is 0 Å². The molecule has 148 valence electrons. The third kappa shape index (κ3) is 4.19. The largest absolute Gasteiger partial charge is 0.322 e. The molecule has 0 saturated carbocycles. The molecule has 0 radical (unpaired) electrons. The number of pyridine rings is 2. The number of rotatable bonds is 5. The van der Waals surface area contributed by atoms with Gasteiger partial charge in [0, 0.05) is 23.8 Å². The number of carbonyl (C=O) groups excluding carboxylic acids is 1. The Kier molecular flexibility index (Phi) is 5.50. The third-order valence-corrected chi connectivity index (χ3v) is 5.61. The molecule has 0 aliphatic carbocycles. The minimum Gasteiger partial charge on any atom is -0.322 e. The smallest absolute Gasteiger partial charge is 0.257 e. The number of para-hydroxylation sites is 1. The van der Waals surface area contributed by atoms with Crippen molar-refractivity contribution in [2.45, 2.75) is 24.6 Å². The average molecular weight is 414 g/mol. The number of thioether (sulfide) groups is 1. The van der Waals surface area contributed by atoms with Crippen LogP contribution < -0.4 is 5.32 Å². The van der Waals surface area contributed by atoms with E-state index in [2.05, 4.69) is 21.4 Å². The molecule has 3 heterocycles. The van der Waals surface area contributed by atoms with E-state index in [-0.39, 0.29) is 5.91 Å². The normalized spacial score (nSPS) is 10.7. The van der Waals surface area contributed by atoms with Crippen molar-refractivity contribution >= 4 is 29.0 Å². The minimum absolute atomic E-state index is 0.282. The molecule has 1 aromatic carbocycles. The van der Waals surface area contributed by atoms with E-state index in [1.165, 1.54) is 11.8 Å². The molecule has 0 aliphatic rings. The Bertz CT molecular complexity index is 1270. The minimum atomic E-state index is -0.282. The summed E-state index contributed by atoms with van der Waals surface area (Å²) < 4.78 is 1.99. The van der Waals surface area contributed by atoms with E-state index >= 15 is 0 Å². The number of nitrogens with zero attached hydrogens (tertiary/aromatic N) is 4. The first-order valence-corrected chi connectivity index (χ1v) is 10.4. The highest BCUT2D eigenvalue weighted by Crippen LogP contribution is 2.26. The van der Waals surface area contributed by atoms with Crippen LogP contribution in [0, 0.1) is 25.2 Å². The van der Waals surface area contributed by atoms with Crippen molar-refractivity contribution in [3.05, 3.63) is 89.0 Å². The van der Waals surface area contributed by atoms with Crippen LogP contribution in [-0.4, -0.2) is 20.3 Å². The van der Waals surface area contributed by atoms with Crippen LogP contribution in [0.25, 0.3) is 5.65 Å². The number of hydrogen-bond donors (Lipinski definition) is 1. The van der Waals surface area contributed by atoms with Crippen LogP contribution in [0.1, 0.15) is 32.9 Å². The molecular formula is C23H19N5OS. The fourth-order valence-electron chi connectivity index (χ4n) is 3.09. The Labute approximate surface area is 178 Å². The molecule has 0 fully saturated rings. The van der Waals surface area contributed by atoms with Gasteiger partial charge in [0.25, 0.3) is 5.91 Å². The Morgan fingerprint density at radius 3 is 2.70 bits per heavy atom. The summed E-state index contributed by atoms with van der Waals surface area (Å²) in [6.07, 6.45) is 4.01. The highest BCUT2D eigenvalue weighted by atomic mass is 32.2. The Morgan fingerprint density at radius 1 is 1.13 bits per heavy atom. The van der Waals surface area contributed by atoms with Crippen molar-refractivity contribution in [2.75, 3.05) is 5.32 Å². The highest BCUT2D eigenvalue weighted by molar-refractivity contribution is 7.98. The van der Waals surface area contributed by atoms with E-state index in [9.17, 15) is 10.1 Å². The second-order valence-electron chi connectivity index (χ2n) is 6.90. The third-order valence-electron chi connectivity index (χ3n) is 4.58. The standard InChI is InChI=1S/C23H19N5OS/c1-15-8-9-21-26-19(13-28(21)12-15)14-30-23-17(11-24)10-20(16(2)25-23)22(29)27-18-6-4-3-5-7-18/h3-10,12-13H,14H2,1-2H3,(H,27,29). The molecule has 0 saturated heterocycles. The maximum absolute atomic E-state index is 12.6. The van der Waals surface area contributed by atoms with Crippen LogP contribution in [0.5, 0.6) is 0 Å². The van der Waals surface area contributed by atoms with Gasteiger partial charge in [0.05, 0.1) is 22.5 Å². The number of nitriles is 1. The summed E-state index contributed by atoms with van der Waals surface area (Å²) in [4.78, 5) is 21.8. The summed E-state index contributed by atoms with van der Waals surface area (Å²) in [6.45, 7) is 3.81. The topological polar surface area (TPSA) is 83.1 Å². The Morgan fingerprint density at radius 2 is 1.93 bits per heavy atom. The van der Waals surface area contributed by atoms with Gasteiger partial charge in [-0.3, -0.25) is 4.79 Å². The molecular weight excluding hydrogens is 394 g/mol. The maximum atomic E-state index is 12.6. The molecule has 1 N–H and O–H groups in total. The number of aryl methyl sites for hydroxylation is 2. The number of fused-ring (bicyclic) bond motifs is 1. The van der Waals surface area contributed by atoms with Crippen LogP contribution in [0.3, 0.4) is 0 Å². The molecule has 4 rings (SSSR count). The lowest BCUT2D eigenvalue weighted by Gasteiger charge is -2.10. The van der Waals surface area contributed by atoms with Crippen molar-refractivity contribution in [2.24, 2.45) is 0 Å². The summed E-state index contributed by atoms with van der Waals surface area (Å²) in [5.74, 6) is 0.298. The van der Waals surface area contributed by atoms with Gasteiger partial charge in [-0.15, -0.1) is 0 Å². The second kappa shape index (κ2) is 8.39. The molecule has 3 aromatic heterocycles. The van der Waals surface area contributed by atoms with Crippen LogP contribution in [0.15, 0.2) is 66.0 Å². The fraction of sp³-hybridized carbons (Fsp3) is 0.130. The van der Waals surface area contributed by atoms with Crippen LogP contribution >= 0.6 is 11.8 Å². The summed E-state index contributed by atoms with van der Waals surface area (Å²) >= 11 is 1.44. The van der Waals surface area contributed by atoms with E-state index in [1.807, 2.05) is 66.2 Å². The number of amides is 1. The predicted molar refractivity (Wildman–Crippen MR) is 118 cm³/mol. The molecule has 1 amide bonds. The van der Waals surface area contributed by atoms with Crippen molar-refractivity contribution < 1.29 is 4.79 Å². The summed E-state index contributed by atoms with van der Waals surface area (Å²) in [5.41, 5.74) is 4.99. The lowest BCUT2D eigenvalue weighted by Crippen LogP contribution is -2.15. The van der Waals surface area contributed by atoms with Gasteiger partial charge in [0.15, 0.2) is 0 Å². The number of imidazole rings is 1. The molecule has 6 nitrogen and oxygen atoms in total. The number of anilines is 1. The number of benzene rings is 1. The predicted octanol–water partition coefficient (Wildman–Crippen LogP) is 4.76. The molecule has 30 heavy (non-hydrogen) atoms. The molecule has 0 aliphatic heterocycles. The highest BCUT2D eigenvalue weighted by Gasteiger charge is 2.16. The van der Waals surface area contributed by atoms with Crippen LogP contribution in [0.4, 0.5) is 5.69 Å². The summed E-state index contributed by atoms with van der Waals surface area (Å²) in [6, 6.07) is 17.0. The van der Waals surface area contributed by atoms with Crippen molar-refractivity contribution in [1.82, 2.24) is 14.4 Å². The molecule has 0 atom stereocenters. The van der Waals surface area contributed by atoms with Crippen LogP contribution in [0.2, 0.25) is 0 Å². The number of carbonyl (C=O) groups is 1. The number of nitrogens with one attached hydrogen (secondary N) is 1. The average Bonchev–Trinajstić information content (AvgIpc) is 3.15. The van der Waals surface area contributed by atoms with Crippen molar-refractivity contribution in [3.63, 3.8) is 0 Å². The quantitative estimate of drug-likeness (QED) is 0.477. The van der Waals surface area contributed by atoms with Crippen LogP contribution in [-0.2, 0) is 5.75 Å². The molecule has 7 heteroatoms. The van der Waals surface area contributed by atoms with Gasteiger partial charge < -0.3 is 9.72 Å². The first kappa shape index (κ1) is 19.7. The molecule has 0 spiro atoms. The molecule has 0 bridgehead atoms. The summed E-state index contributed by atoms with van der Waals surface area (Å²) in [7, 11) is 0. The zero-order valence-corrected chi connectivity index (χ0v) is 17.4. The monoisotopic (exact) mass is 413 g/mol. The zero-order chi connectivity index (χ0) is 21.1. The SMILES string of the molecule is Cc1ccc2nc(CSc3nc(C)c(C(=O)Nc4ccccc4)cc3C#N)cn2c1. The van der Waals surface area contributed by atoms with E-state index in [4.69, 9.17) is 0 Å². The summed E-state index contributed by atoms with van der Waals surface area (Å²) in [5, 5.41) is 13.0. The number of hydrogen-bond acceptors (Lipinski definition) is 5. The van der Waals surface area contributed by atoms with E-state index in [0.717, 1.165) is 16.9 Å². The molecule has 0 unspecified atom stereocenters. The van der Waals surface area contributed by atoms with Gasteiger partial charge >= 0.3 is 0 Å². The van der Waals surface area contributed by atoms with Crippen molar-refractivity contribution in [3.8, 4) is 6.07 Å². The first-order valence-electron chi connectivity index (χ1n) is 9.38. The maximum Gasteiger partial charge on any atom is 0.257 e. The van der Waals surface area contributed by atoms with Gasteiger partial charge in [-0.25, -0.2) is 9.97 Å². The van der Waals surface area contributed by atoms with E-state index < -0.39 is 0 Å². The van der Waals surface area contributed by atoms with Gasteiger partial charge in [0.1, 0.15) is 16.7 Å².